The highest BCUT2D eigenvalue weighted by Crippen LogP contribution is 2.24. The first-order chi connectivity index (χ1) is 10.6. The lowest BCUT2D eigenvalue weighted by molar-refractivity contribution is 0.566. The summed E-state index contributed by atoms with van der Waals surface area (Å²) in [5, 5.41) is 0. The van der Waals surface area contributed by atoms with Crippen LogP contribution in [0.1, 0.15) is 32.6 Å². The normalized spacial score (nSPS) is 24.4. The maximum absolute atomic E-state index is 11.7. The Balaban J connectivity index is 1.80. The van der Waals surface area contributed by atoms with Crippen molar-refractivity contribution in [2.24, 2.45) is 0 Å². The smallest absolute Gasteiger partial charge is 0.227 e. The van der Waals surface area contributed by atoms with Crippen molar-refractivity contribution in [1.82, 2.24) is 9.97 Å². The van der Waals surface area contributed by atoms with Gasteiger partial charge in [-0.05, 0) is 38.7 Å². The van der Waals surface area contributed by atoms with Crippen molar-refractivity contribution in [1.29, 1.82) is 0 Å². The molecule has 3 rings (SSSR count). The Morgan fingerprint density at radius 2 is 2.09 bits per heavy atom. The van der Waals surface area contributed by atoms with Gasteiger partial charge in [-0.1, -0.05) is 0 Å². The van der Waals surface area contributed by atoms with Crippen LogP contribution < -0.4 is 9.80 Å². The number of anilines is 2. The summed E-state index contributed by atoms with van der Waals surface area (Å²) < 4.78 is 23.5. The zero-order chi connectivity index (χ0) is 15.6. The fourth-order valence-corrected chi connectivity index (χ4v) is 5.10. The highest BCUT2D eigenvalue weighted by Gasteiger charge is 2.32. The molecule has 1 unspecified atom stereocenters. The van der Waals surface area contributed by atoms with Gasteiger partial charge in [-0.25, -0.2) is 13.4 Å². The van der Waals surface area contributed by atoms with E-state index in [1.54, 1.807) is 6.20 Å². The minimum Gasteiger partial charge on any atom is -0.353 e. The lowest BCUT2D eigenvalue weighted by Crippen LogP contribution is -2.37. The Labute approximate surface area is 132 Å². The first-order valence-corrected chi connectivity index (χ1v) is 9.96. The Hall–Kier alpha value is -1.37. The van der Waals surface area contributed by atoms with Crippen LogP contribution in [0.3, 0.4) is 0 Å². The summed E-state index contributed by atoms with van der Waals surface area (Å²) in [5.74, 6) is 2.15. The van der Waals surface area contributed by atoms with Gasteiger partial charge in [0.15, 0.2) is 9.84 Å². The van der Waals surface area contributed by atoms with Gasteiger partial charge in [0.2, 0.25) is 5.95 Å². The fourth-order valence-electron chi connectivity index (χ4n) is 3.37. The molecule has 0 N–H and O–H groups in total. The van der Waals surface area contributed by atoms with E-state index in [-0.39, 0.29) is 17.5 Å². The minimum atomic E-state index is -2.88. The SMILES string of the molecule is CCN(c1ccnc(N2CCCCC2)n1)C1CCS(=O)(=O)C1. The topological polar surface area (TPSA) is 66.4 Å². The molecule has 122 valence electrons. The summed E-state index contributed by atoms with van der Waals surface area (Å²) in [7, 11) is -2.88. The average molecular weight is 324 g/mol. The van der Waals surface area contributed by atoms with Crippen LogP contribution in [0.15, 0.2) is 12.3 Å². The number of sulfone groups is 1. The summed E-state index contributed by atoms with van der Waals surface area (Å²) in [4.78, 5) is 13.4. The predicted molar refractivity (Wildman–Crippen MR) is 88.2 cm³/mol. The standard InChI is InChI=1S/C15H24N4O2S/c1-2-19(13-7-11-22(20,21)12-13)14-6-8-16-15(17-14)18-9-4-3-5-10-18/h6,8,13H,2-5,7,9-12H2,1H3. The van der Waals surface area contributed by atoms with Gasteiger partial charge in [0.25, 0.3) is 0 Å². The molecule has 0 radical (unpaired) electrons. The van der Waals surface area contributed by atoms with Crippen molar-refractivity contribution in [3.63, 3.8) is 0 Å². The second-order valence-electron chi connectivity index (χ2n) is 6.11. The third kappa shape index (κ3) is 3.34. The van der Waals surface area contributed by atoms with E-state index in [9.17, 15) is 8.42 Å². The van der Waals surface area contributed by atoms with Crippen molar-refractivity contribution >= 4 is 21.6 Å². The van der Waals surface area contributed by atoms with E-state index in [2.05, 4.69) is 14.8 Å². The molecule has 1 aromatic rings. The van der Waals surface area contributed by atoms with Crippen LogP contribution >= 0.6 is 0 Å². The Kier molecular flexibility index (Phi) is 4.52. The molecule has 1 atom stereocenters. The summed E-state index contributed by atoms with van der Waals surface area (Å²) in [6.45, 7) is 4.82. The molecule has 2 fully saturated rings. The van der Waals surface area contributed by atoms with Crippen LogP contribution in [-0.4, -0.2) is 55.6 Å². The minimum absolute atomic E-state index is 0.0408. The molecule has 0 amide bonds. The number of nitrogens with zero attached hydrogens (tertiary/aromatic N) is 4. The largest absolute Gasteiger partial charge is 0.353 e. The molecular formula is C15H24N4O2S. The van der Waals surface area contributed by atoms with Gasteiger partial charge in [0.05, 0.1) is 11.5 Å². The molecule has 3 heterocycles. The molecule has 2 aliphatic heterocycles. The van der Waals surface area contributed by atoms with Crippen LogP contribution in [0.2, 0.25) is 0 Å². The maximum Gasteiger partial charge on any atom is 0.227 e. The van der Waals surface area contributed by atoms with Crippen molar-refractivity contribution < 1.29 is 8.42 Å². The number of piperidine rings is 1. The van der Waals surface area contributed by atoms with Crippen molar-refractivity contribution in [3.8, 4) is 0 Å². The van der Waals surface area contributed by atoms with E-state index < -0.39 is 9.84 Å². The molecule has 7 heteroatoms. The Morgan fingerprint density at radius 1 is 1.32 bits per heavy atom. The molecular weight excluding hydrogens is 300 g/mol. The van der Waals surface area contributed by atoms with E-state index in [0.717, 1.165) is 31.4 Å². The lowest BCUT2D eigenvalue weighted by atomic mass is 10.1. The Morgan fingerprint density at radius 3 is 2.73 bits per heavy atom. The zero-order valence-corrected chi connectivity index (χ0v) is 13.9. The third-order valence-corrected chi connectivity index (χ3v) is 6.30. The van der Waals surface area contributed by atoms with Crippen LogP contribution in [0.4, 0.5) is 11.8 Å². The Bertz CT molecular complexity index is 614. The summed E-state index contributed by atoms with van der Waals surface area (Å²) in [5.41, 5.74) is 0. The summed E-state index contributed by atoms with van der Waals surface area (Å²) in [6, 6.07) is 1.93. The average Bonchev–Trinajstić information content (AvgIpc) is 2.89. The van der Waals surface area contributed by atoms with E-state index in [1.807, 2.05) is 13.0 Å². The number of hydrogen-bond acceptors (Lipinski definition) is 6. The molecule has 2 saturated heterocycles. The molecule has 22 heavy (non-hydrogen) atoms. The molecule has 0 spiro atoms. The van der Waals surface area contributed by atoms with Crippen LogP contribution in [0.5, 0.6) is 0 Å². The van der Waals surface area contributed by atoms with Crippen LogP contribution in [-0.2, 0) is 9.84 Å². The van der Waals surface area contributed by atoms with Gasteiger partial charge < -0.3 is 9.80 Å². The van der Waals surface area contributed by atoms with Gasteiger partial charge in [-0.15, -0.1) is 0 Å². The van der Waals surface area contributed by atoms with E-state index in [1.165, 1.54) is 19.3 Å². The predicted octanol–water partition coefficient (Wildman–Crippen LogP) is 1.48. The molecule has 6 nitrogen and oxygen atoms in total. The fraction of sp³-hybridized carbons (Fsp3) is 0.733. The van der Waals surface area contributed by atoms with Crippen LogP contribution in [0.25, 0.3) is 0 Å². The van der Waals surface area contributed by atoms with Gasteiger partial charge in [0, 0.05) is 31.9 Å². The second-order valence-corrected chi connectivity index (χ2v) is 8.33. The van der Waals surface area contributed by atoms with Gasteiger partial charge in [-0.2, -0.15) is 4.98 Å². The first kappa shape index (κ1) is 15.5. The van der Waals surface area contributed by atoms with E-state index >= 15 is 0 Å². The van der Waals surface area contributed by atoms with Crippen molar-refractivity contribution in [3.05, 3.63) is 12.3 Å². The monoisotopic (exact) mass is 324 g/mol. The number of rotatable bonds is 4. The van der Waals surface area contributed by atoms with Gasteiger partial charge in [-0.3, -0.25) is 0 Å². The third-order valence-electron chi connectivity index (χ3n) is 4.55. The van der Waals surface area contributed by atoms with E-state index in [0.29, 0.717) is 6.42 Å². The quantitative estimate of drug-likeness (QED) is 0.836. The number of hydrogen-bond donors (Lipinski definition) is 0. The van der Waals surface area contributed by atoms with Crippen molar-refractivity contribution in [2.45, 2.75) is 38.6 Å². The van der Waals surface area contributed by atoms with Crippen LogP contribution in [0, 0.1) is 0 Å². The second kappa shape index (κ2) is 6.40. The first-order valence-electron chi connectivity index (χ1n) is 8.14. The highest BCUT2D eigenvalue weighted by molar-refractivity contribution is 7.91. The number of aromatic nitrogens is 2. The molecule has 0 aliphatic carbocycles. The highest BCUT2D eigenvalue weighted by atomic mass is 32.2. The molecule has 0 saturated carbocycles. The molecule has 0 aromatic carbocycles. The lowest BCUT2D eigenvalue weighted by Gasteiger charge is -2.30. The molecule has 2 aliphatic rings. The van der Waals surface area contributed by atoms with Gasteiger partial charge >= 0.3 is 0 Å². The zero-order valence-electron chi connectivity index (χ0n) is 13.1. The summed E-state index contributed by atoms with van der Waals surface area (Å²) in [6.07, 6.45) is 6.13. The van der Waals surface area contributed by atoms with E-state index in [4.69, 9.17) is 4.98 Å². The van der Waals surface area contributed by atoms with Crippen molar-refractivity contribution in [2.75, 3.05) is 40.9 Å². The maximum atomic E-state index is 11.7. The molecule has 1 aromatic heterocycles. The van der Waals surface area contributed by atoms with Gasteiger partial charge in [0.1, 0.15) is 5.82 Å². The molecule has 0 bridgehead atoms. The summed E-state index contributed by atoms with van der Waals surface area (Å²) >= 11 is 0.